The second-order valence-electron chi connectivity index (χ2n) is 11.8. The fourth-order valence-corrected chi connectivity index (χ4v) is 7.09. The number of ether oxygens (including phenoxy) is 1. The van der Waals surface area contributed by atoms with Crippen LogP contribution in [0.2, 0.25) is 0 Å². The SMILES string of the molecule is CCC(C=NP(=O)(OCCSC(=O)C(C)(C)CO)OCC1OC(C#N)(C2CC=C3C(N)=NC=NN32)C(C)(F)C1O)C(C)C. The first-order valence-electron chi connectivity index (χ1n) is 14.1. The van der Waals surface area contributed by atoms with Crippen molar-refractivity contribution in [2.75, 3.05) is 25.6 Å². The summed E-state index contributed by atoms with van der Waals surface area (Å²) in [4.78, 5) is 16.3. The van der Waals surface area contributed by atoms with Gasteiger partial charge in [0.05, 0.1) is 30.9 Å². The molecule has 43 heavy (non-hydrogen) atoms. The van der Waals surface area contributed by atoms with Gasteiger partial charge in [-0.3, -0.25) is 18.9 Å². The molecular formula is C27H42FN6O7PS. The molecule has 3 aliphatic rings. The van der Waals surface area contributed by atoms with Gasteiger partial charge >= 0.3 is 7.75 Å². The van der Waals surface area contributed by atoms with Gasteiger partial charge in [-0.05, 0) is 45.4 Å². The zero-order chi connectivity index (χ0) is 32.2. The van der Waals surface area contributed by atoms with Gasteiger partial charge in [-0.2, -0.15) is 15.1 Å². The van der Waals surface area contributed by atoms with Crippen molar-refractivity contribution in [1.82, 2.24) is 5.01 Å². The summed E-state index contributed by atoms with van der Waals surface area (Å²) in [6.45, 7) is 9.07. The Morgan fingerprint density at radius 2 is 2.19 bits per heavy atom. The lowest BCUT2D eigenvalue weighted by atomic mass is 9.78. The second-order valence-corrected chi connectivity index (χ2v) is 14.6. The first kappa shape index (κ1) is 35.3. The molecule has 7 unspecified atom stereocenters. The maximum atomic E-state index is 16.3. The zero-order valence-electron chi connectivity index (χ0n) is 25.3. The molecule has 3 heterocycles. The highest BCUT2D eigenvalue weighted by Gasteiger charge is 2.70. The van der Waals surface area contributed by atoms with Gasteiger partial charge in [0.25, 0.3) is 0 Å². The number of aliphatic imine (C=N–C) groups is 1. The summed E-state index contributed by atoms with van der Waals surface area (Å²) < 4.78 is 51.3. The van der Waals surface area contributed by atoms with E-state index in [4.69, 9.17) is 19.5 Å². The molecule has 0 aliphatic carbocycles. The summed E-state index contributed by atoms with van der Waals surface area (Å²) in [7, 11) is -4.24. The van der Waals surface area contributed by atoms with Crippen molar-refractivity contribution < 1.29 is 37.7 Å². The average molecular weight is 645 g/mol. The molecule has 0 bridgehead atoms. The van der Waals surface area contributed by atoms with E-state index in [1.807, 2.05) is 26.8 Å². The summed E-state index contributed by atoms with van der Waals surface area (Å²) in [5.41, 5.74) is 0.571. The highest BCUT2D eigenvalue weighted by Crippen LogP contribution is 2.53. The molecule has 0 saturated carbocycles. The van der Waals surface area contributed by atoms with Crippen LogP contribution in [-0.4, -0.2) is 93.8 Å². The number of nitriles is 1. The number of carbonyl (C=O) groups excluding carboxylic acids is 1. The van der Waals surface area contributed by atoms with Crippen LogP contribution in [0.25, 0.3) is 0 Å². The van der Waals surface area contributed by atoms with Gasteiger partial charge in [-0.15, -0.1) is 0 Å². The number of thioether (sulfide) groups is 1. The van der Waals surface area contributed by atoms with E-state index in [9.17, 15) is 24.8 Å². The standard InChI is InChI=1S/C27H42FN6O7PS/c1-7-18(17(2)3)12-33-42(38,39-10-11-43-24(37)25(4,5)15-35)40-13-20-22(36)26(6,28)27(14-29,41-20)21-9-8-19-23(30)31-16-32-34(19)21/h8,12,16-18,20-22,35-36H,7,9-11,13,15H2,1-6H3,(H2,30,31,32). The van der Waals surface area contributed by atoms with Crippen molar-refractivity contribution >= 4 is 43.0 Å². The van der Waals surface area contributed by atoms with E-state index >= 15 is 4.39 Å². The normalized spacial score (nSPS) is 31.1. The Kier molecular flexibility index (Phi) is 11.4. The molecule has 0 aromatic heterocycles. The number of hydrogen-bond donors (Lipinski definition) is 3. The van der Waals surface area contributed by atoms with Crippen LogP contribution < -0.4 is 5.73 Å². The number of nitrogens with two attached hydrogens (primary N) is 1. The minimum atomic E-state index is -4.24. The number of nitrogens with zero attached hydrogens (tertiary/aromatic N) is 5. The third-order valence-corrected chi connectivity index (χ3v) is 10.6. The van der Waals surface area contributed by atoms with E-state index in [0.717, 1.165) is 18.7 Å². The monoisotopic (exact) mass is 644 g/mol. The molecule has 0 amide bonds. The van der Waals surface area contributed by atoms with Crippen LogP contribution in [0.1, 0.15) is 54.4 Å². The number of rotatable bonds is 14. The molecule has 3 rings (SSSR count). The van der Waals surface area contributed by atoms with Gasteiger partial charge < -0.3 is 20.7 Å². The van der Waals surface area contributed by atoms with Crippen molar-refractivity contribution in [3.8, 4) is 6.07 Å². The fraction of sp³-hybridized carbons (Fsp3) is 0.741. The first-order valence-corrected chi connectivity index (χ1v) is 16.6. The molecule has 1 fully saturated rings. The van der Waals surface area contributed by atoms with E-state index in [1.54, 1.807) is 19.9 Å². The molecule has 3 aliphatic heterocycles. The number of aliphatic hydroxyl groups excluding tert-OH is 2. The number of alkyl halides is 1. The largest absolute Gasteiger partial charge is 0.453 e. The van der Waals surface area contributed by atoms with Crippen LogP contribution >= 0.6 is 19.5 Å². The van der Waals surface area contributed by atoms with Crippen LogP contribution in [0, 0.1) is 28.6 Å². The summed E-state index contributed by atoms with van der Waals surface area (Å²) in [5.74, 6) is 0.392. The van der Waals surface area contributed by atoms with Crippen molar-refractivity contribution in [1.29, 1.82) is 5.26 Å². The van der Waals surface area contributed by atoms with Gasteiger partial charge in [-0.25, -0.2) is 13.9 Å². The van der Waals surface area contributed by atoms with Crippen LogP contribution in [0.3, 0.4) is 0 Å². The van der Waals surface area contributed by atoms with Gasteiger partial charge in [0.1, 0.15) is 30.7 Å². The van der Waals surface area contributed by atoms with E-state index in [-0.39, 0.29) is 48.2 Å². The number of carbonyl (C=O) groups is 1. The maximum absolute atomic E-state index is 16.3. The molecule has 13 nitrogen and oxygen atoms in total. The van der Waals surface area contributed by atoms with Crippen LogP contribution in [0.15, 0.2) is 26.6 Å². The van der Waals surface area contributed by atoms with Gasteiger partial charge in [-0.1, -0.05) is 38.6 Å². The topological polar surface area (TPSA) is 192 Å². The summed E-state index contributed by atoms with van der Waals surface area (Å²) in [6, 6.07) is 0.936. The van der Waals surface area contributed by atoms with Gasteiger partial charge in [0, 0.05) is 12.0 Å². The lowest BCUT2D eigenvalue weighted by molar-refractivity contribution is -0.119. The van der Waals surface area contributed by atoms with Crippen LogP contribution in [-0.2, 0) is 23.1 Å². The predicted octanol–water partition coefficient (Wildman–Crippen LogP) is 3.18. The highest BCUT2D eigenvalue weighted by molar-refractivity contribution is 8.13. The molecule has 0 radical (unpaired) electrons. The van der Waals surface area contributed by atoms with Crippen LogP contribution in [0.4, 0.5) is 4.39 Å². The first-order chi connectivity index (χ1) is 20.1. The maximum Gasteiger partial charge on any atom is 0.453 e. The van der Waals surface area contributed by atoms with Gasteiger partial charge in [0.2, 0.25) is 5.60 Å². The molecule has 1 saturated heterocycles. The van der Waals surface area contributed by atoms with E-state index in [0.29, 0.717) is 12.1 Å². The quantitative estimate of drug-likeness (QED) is 0.143. The minimum Gasteiger partial charge on any atom is -0.395 e. The molecule has 0 aromatic carbocycles. The molecule has 7 atom stereocenters. The zero-order valence-corrected chi connectivity index (χ0v) is 27.1. The van der Waals surface area contributed by atoms with Crippen molar-refractivity contribution in [3.05, 3.63) is 11.8 Å². The molecule has 0 aromatic rings. The van der Waals surface area contributed by atoms with Gasteiger partial charge in [0.15, 0.2) is 16.6 Å². The van der Waals surface area contributed by atoms with E-state index < -0.39 is 49.3 Å². The van der Waals surface area contributed by atoms with Crippen molar-refractivity contribution in [2.24, 2.45) is 37.8 Å². The number of fused-ring (bicyclic) bond motifs is 1. The number of halogens is 1. The Balaban J connectivity index is 1.78. The number of aliphatic hydroxyl groups is 2. The summed E-state index contributed by atoms with van der Waals surface area (Å²) in [5, 5.41) is 35.9. The summed E-state index contributed by atoms with van der Waals surface area (Å²) in [6.07, 6.45) is 1.92. The minimum absolute atomic E-state index is 0.0411. The van der Waals surface area contributed by atoms with Crippen molar-refractivity contribution in [2.45, 2.75) is 83.9 Å². The fourth-order valence-electron chi connectivity index (χ4n) is 4.96. The van der Waals surface area contributed by atoms with Crippen molar-refractivity contribution in [3.63, 3.8) is 0 Å². The molecule has 0 spiro atoms. The number of hydrogen-bond acceptors (Lipinski definition) is 13. The number of amidine groups is 1. The summed E-state index contributed by atoms with van der Waals surface area (Å²) >= 11 is 0.911. The lowest BCUT2D eigenvalue weighted by Gasteiger charge is -2.40. The third kappa shape index (κ3) is 7.22. The Labute approximate surface area is 256 Å². The molecule has 240 valence electrons. The predicted molar refractivity (Wildman–Crippen MR) is 162 cm³/mol. The van der Waals surface area contributed by atoms with Crippen LogP contribution in [0.5, 0.6) is 0 Å². The molecule has 4 N–H and O–H groups in total. The van der Waals surface area contributed by atoms with E-state index in [1.165, 1.54) is 17.6 Å². The molecular weight excluding hydrogens is 602 g/mol. The lowest BCUT2D eigenvalue weighted by Crippen LogP contribution is -2.60. The second kappa shape index (κ2) is 13.9. The third-order valence-electron chi connectivity index (χ3n) is 7.97. The molecule has 16 heteroatoms. The average Bonchev–Trinajstić information content (AvgIpc) is 3.48. The Hall–Kier alpha value is -2.18. The Bertz CT molecular complexity index is 1250. The Morgan fingerprint density at radius 1 is 1.49 bits per heavy atom. The smallest absolute Gasteiger partial charge is 0.395 e. The van der Waals surface area contributed by atoms with E-state index in [2.05, 4.69) is 14.9 Å². The Morgan fingerprint density at radius 3 is 2.79 bits per heavy atom. The highest BCUT2D eigenvalue weighted by atomic mass is 32.2. The number of hydrazone groups is 1.